The molecule has 0 spiro atoms. The Morgan fingerprint density at radius 1 is 1.10 bits per heavy atom. The van der Waals surface area contributed by atoms with E-state index in [2.05, 4.69) is 9.62 Å². The van der Waals surface area contributed by atoms with Gasteiger partial charge in [-0.25, -0.2) is 17.5 Å². The summed E-state index contributed by atoms with van der Waals surface area (Å²) in [5.41, 5.74) is 1.30. The van der Waals surface area contributed by atoms with E-state index in [9.17, 15) is 17.6 Å². The molecular formula is C22H28FN3O4S. The number of hydrogen-bond acceptors (Lipinski definition) is 5. The molecule has 0 unspecified atom stereocenters. The van der Waals surface area contributed by atoms with E-state index in [1.165, 1.54) is 25.3 Å². The van der Waals surface area contributed by atoms with Crippen LogP contribution in [0.15, 0.2) is 47.4 Å². The average molecular weight is 450 g/mol. The van der Waals surface area contributed by atoms with E-state index in [4.69, 9.17) is 4.74 Å². The molecule has 1 aliphatic heterocycles. The lowest BCUT2D eigenvalue weighted by atomic mass is 10.1. The van der Waals surface area contributed by atoms with Gasteiger partial charge in [-0.05, 0) is 55.8 Å². The summed E-state index contributed by atoms with van der Waals surface area (Å²) >= 11 is 0. The van der Waals surface area contributed by atoms with Gasteiger partial charge in [-0.3, -0.25) is 9.69 Å². The van der Waals surface area contributed by atoms with Gasteiger partial charge in [0.05, 0.1) is 12.0 Å². The van der Waals surface area contributed by atoms with Gasteiger partial charge < -0.3 is 9.64 Å². The van der Waals surface area contributed by atoms with Gasteiger partial charge in [0.15, 0.2) is 11.6 Å². The van der Waals surface area contributed by atoms with Crippen molar-refractivity contribution in [2.45, 2.75) is 31.3 Å². The predicted octanol–water partition coefficient (Wildman–Crippen LogP) is 2.48. The second-order valence-corrected chi connectivity index (χ2v) is 9.55. The molecule has 0 saturated carbocycles. The number of benzene rings is 2. The minimum Gasteiger partial charge on any atom is -0.494 e. The zero-order valence-electron chi connectivity index (χ0n) is 18.0. The summed E-state index contributed by atoms with van der Waals surface area (Å²) in [5.74, 6) is -0.295. The fourth-order valence-electron chi connectivity index (χ4n) is 3.51. The number of piperazine rings is 1. The van der Waals surface area contributed by atoms with E-state index in [1.54, 1.807) is 36.9 Å². The van der Waals surface area contributed by atoms with Gasteiger partial charge >= 0.3 is 0 Å². The molecule has 0 radical (unpaired) electrons. The maximum atomic E-state index is 13.9. The third kappa shape index (κ3) is 5.81. The Kier molecular flexibility index (Phi) is 7.30. The molecular weight excluding hydrogens is 421 g/mol. The van der Waals surface area contributed by atoms with E-state index in [0.29, 0.717) is 38.3 Å². The van der Waals surface area contributed by atoms with E-state index in [1.807, 2.05) is 6.07 Å². The predicted molar refractivity (Wildman–Crippen MR) is 116 cm³/mol. The van der Waals surface area contributed by atoms with Crippen molar-refractivity contribution in [3.8, 4) is 5.75 Å². The Balaban J connectivity index is 1.57. The number of nitrogens with one attached hydrogen (secondary N) is 1. The first-order valence-corrected chi connectivity index (χ1v) is 11.6. The molecule has 1 N–H and O–H groups in total. The summed E-state index contributed by atoms with van der Waals surface area (Å²) in [6.07, 6.45) is 0. The monoisotopic (exact) mass is 449 g/mol. The molecule has 0 aromatic heterocycles. The van der Waals surface area contributed by atoms with E-state index >= 15 is 0 Å². The van der Waals surface area contributed by atoms with Crippen molar-refractivity contribution in [1.82, 2.24) is 14.5 Å². The highest BCUT2D eigenvalue weighted by atomic mass is 32.2. The summed E-state index contributed by atoms with van der Waals surface area (Å²) < 4.78 is 45.8. The third-order valence-corrected chi connectivity index (χ3v) is 6.76. The Labute approximate surface area is 182 Å². The highest BCUT2D eigenvalue weighted by Gasteiger charge is 2.23. The zero-order valence-corrected chi connectivity index (χ0v) is 18.8. The minimum atomic E-state index is -3.59. The van der Waals surface area contributed by atoms with Crippen LogP contribution in [0.25, 0.3) is 0 Å². The Hall–Kier alpha value is -2.49. The number of amides is 1. The fraction of sp³-hybridized carbons (Fsp3) is 0.409. The Morgan fingerprint density at radius 3 is 2.29 bits per heavy atom. The molecule has 1 saturated heterocycles. The van der Waals surface area contributed by atoms with Crippen LogP contribution in [-0.2, 0) is 16.6 Å². The number of ether oxygens (including phenoxy) is 1. The molecule has 168 valence electrons. The van der Waals surface area contributed by atoms with Crippen LogP contribution in [0.3, 0.4) is 0 Å². The molecule has 0 bridgehead atoms. The summed E-state index contributed by atoms with van der Waals surface area (Å²) in [5, 5.41) is 0. The average Bonchev–Trinajstić information content (AvgIpc) is 2.73. The van der Waals surface area contributed by atoms with E-state index in [-0.39, 0.29) is 28.4 Å². The lowest BCUT2D eigenvalue weighted by Crippen LogP contribution is -2.48. The van der Waals surface area contributed by atoms with Crippen LogP contribution in [0.4, 0.5) is 4.39 Å². The van der Waals surface area contributed by atoms with Gasteiger partial charge in [-0.2, -0.15) is 0 Å². The fourth-order valence-corrected chi connectivity index (χ4v) is 4.76. The van der Waals surface area contributed by atoms with Gasteiger partial charge in [0, 0.05) is 44.3 Å². The third-order valence-electron chi connectivity index (χ3n) is 5.08. The minimum absolute atomic E-state index is 0.129. The lowest BCUT2D eigenvalue weighted by molar-refractivity contribution is 0.0628. The van der Waals surface area contributed by atoms with E-state index < -0.39 is 10.0 Å². The number of carbonyl (C=O) groups excluding carboxylic acids is 1. The topological polar surface area (TPSA) is 79.0 Å². The maximum absolute atomic E-state index is 13.9. The van der Waals surface area contributed by atoms with Crippen molar-refractivity contribution in [2.75, 3.05) is 33.3 Å². The molecule has 3 rings (SSSR count). The number of hydrogen-bond donors (Lipinski definition) is 1. The summed E-state index contributed by atoms with van der Waals surface area (Å²) in [7, 11) is -2.15. The SMILES string of the molecule is COc1ccc(CN2CCN(C(=O)c3ccc(S(=O)(=O)NC(C)C)cc3)CC2)cc1F. The molecule has 1 amide bonds. The molecule has 7 nitrogen and oxygen atoms in total. The van der Waals surface area contributed by atoms with Crippen LogP contribution in [-0.4, -0.2) is 63.5 Å². The van der Waals surface area contributed by atoms with Gasteiger partial charge in [0.25, 0.3) is 5.91 Å². The van der Waals surface area contributed by atoms with Crippen LogP contribution in [0.2, 0.25) is 0 Å². The first-order chi connectivity index (χ1) is 14.7. The number of carbonyl (C=O) groups is 1. The highest BCUT2D eigenvalue weighted by molar-refractivity contribution is 7.89. The number of rotatable bonds is 7. The van der Waals surface area contributed by atoms with E-state index in [0.717, 1.165) is 5.56 Å². The number of methoxy groups -OCH3 is 1. The molecule has 0 atom stereocenters. The van der Waals surface area contributed by atoms with Crippen LogP contribution in [0.5, 0.6) is 5.75 Å². The van der Waals surface area contributed by atoms with Crippen molar-refractivity contribution in [1.29, 1.82) is 0 Å². The van der Waals surface area contributed by atoms with Crippen LogP contribution < -0.4 is 9.46 Å². The molecule has 1 heterocycles. The van der Waals surface area contributed by atoms with Gasteiger partial charge in [0.2, 0.25) is 10.0 Å². The second-order valence-electron chi connectivity index (χ2n) is 7.84. The van der Waals surface area contributed by atoms with Gasteiger partial charge in [0.1, 0.15) is 0 Å². The standard InChI is InChI=1S/C22H28FN3O4S/c1-16(2)24-31(28,29)19-7-5-18(6-8-19)22(27)26-12-10-25(11-13-26)15-17-4-9-21(30-3)20(23)14-17/h4-9,14,16,24H,10-13,15H2,1-3H3. The quantitative estimate of drug-likeness (QED) is 0.703. The summed E-state index contributed by atoms with van der Waals surface area (Å²) in [6, 6.07) is 10.7. The van der Waals surface area contributed by atoms with Gasteiger partial charge in [-0.1, -0.05) is 6.07 Å². The Bertz CT molecular complexity index is 1020. The van der Waals surface area contributed by atoms with Crippen LogP contribution >= 0.6 is 0 Å². The number of nitrogens with zero attached hydrogens (tertiary/aromatic N) is 2. The number of sulfonamides is 1. The first kappa shape index (κ1) is 23.2. The molecule has 31 heavy (non-hydrogen) atoms. The normalized spacial score (nSPS) is 15.3. The molecule has 2 aromatic carbocycles. The number of halogens is 1. The van der Waals surface area contributed by atoms with Crippen molar-refractivity contribution < 1.29 is 22.3 Å². The Morgan fingerprint density at radius 2 is 1.74 bits per heavy atom. The van der Waals surface area contributed by atoms with Crippen molar-refractivity contribution in [3.05, 3.63) is 59.4 Å². The smallest absolute Gasteiger partial charge is 0.253 e. The lowest BCUT2D eigenvalue weighted by Gasteiger charge is -2.34. The first-order valence-electron chi connectivity index (χ1n) is 10.2. The summed E-state index contributed by atoms with van der Waals surface area (Å²) in [6.45, 7) is 6.53. The van der Waals surface area contributed by atoms with Crippen LogP contribution in [0.1, 0.15) is 29.8 Å². The summed E-state index contributed by atoms with van der Waals surface area (Å²) in [4.78, 5) is 16.8. The molecule has 1 aliphatic rings. The largest absolute Gasteiger partial charge is 0.494 e. The molecule has 0 aliphatic carbocycles. The van der Waals surface area contributed by atoms with Crippen LogP contribution in [0, 0.1) is 5.82 Å². The highest BCUT2D eigenvalue weighted by Crippen LogP contribution is 2.20. The molecule has 1 fully saturated rings. The second kappa shape index (κ2) is 9.76. The zero-order chi connectivity index (χ0) is 22.6. The maximum Gasteiger partial charge on any atom is 0.253 e. The van der Waals surface area contributed by atoms with Crippen molar-refractivity contribution >= 4 is 15.9 Å². The molecule has 9 heteroatoms. The van der Waals surface area contributed by atoms with Crippen molar-refractivity contribution in [2.24, 2.45) is 0 Å². The molecule has 2 aromatic rings. The van der Waals surface area contributed by atoms with Gasteiger partial charge in [-0.15, -0.1) is 0 Å². The van der Waals surface area contributed by atoms with Crippen molar-refractivity contribution in [3.63, 3.8) is 0 Å².